The highest BCUT2D eigenvalue weighted by molar-refractivity contribution is 6.53. The molecule has 84 valence electrons. The fourth-order valence-electron chi connectivity index (χ4n) is 1.53. The van der Waals surface area contributed by atoms with Crippen LogP contribution in [-0.2, 0) is 4.79 Å². The van der Waals surface area contributed by atoms with Crippen molar-refractivity contribution in [1.82, 2.24) is 4.90 Å². The fraction of sp³-hybridized carbons (Fsp3) is 0.545. The maximum atomic E-state index is 12.1. The summed E-state index contributed by atoms with van der Waals surface area (Å²) in [5, 5.41) is 0. The summed E-state index contributed by atoms with van der Waals surface area (Å²) in [6.45, 7) is 9.99. The van der Waals surface area contributed by atoms with Crippen molar-refractivity contribution in [3.63, 3.8) is 0 Å². The molecule has 15 heavy (non-hydrogen) atoms. The van der Waals surface area contributed by atoms with Crippen molar-refractivity contribution in [2.24, 2.45) is 5.41 Å². The summed E-state index contributed by atoms with van der Waals surface area (Å²) >= 11 is 11.9. The molecular formula is C11H15Cl2NO. The summed E-state index contributed by atoms with van der Waals surface area (Å²) in [5.41, 5.74) is -0.651. The SMILES string of the molecule is C=CCN(CC=C)C(=O)C1(C)CC1(Cl)Cl. The Bertz CT molecular complexity index is 291. The average Bonchev–Trinajstić information content (AvgIpc) is 2.66. The van der Waals surface area contributed by atoms with Gasteiger partial charge in [-0.15, -0.1) is 36.4 Å². The summed E-state index contributed by atoms with van der Waals surface area (Å²) in [6, 6.07) is 0. The van der Waals surface area contributed by atoms with E-state index >= 15 is 0 Å². The van der Waals surface area contributed by atoms with E-state index in [4.69, 9.17) is 23.2 Å². The fourth-order valence-corrected chi connectivity index (χ4v) is 2.23. The zero-order chi connectivity index (χ0) is 11.7. The number of carbonyl (C=O) groups excluding carboxylic acids is 1. The first-order chi connectivity index (χ1) is 6.89. The molecule has 1 aliphatic rings. The van der Waals surface area contributed by atoms with Crippen molar-refractivity contribution in [2.45, 2.75) is 17.7 Å². The number of hydrogen-bond donors (Lipinski definition) is 0. The van der Waals surface area contributed by atoms with Crippen LogP contribution in [0, 0.1) is 5.41 Å². The van der Waals surface area contributed by atoms with E-state index in [0.29, 0.717) is 19.5 Å². The van der Waals surface area contributed by atoms with Crippen LogP contribution in [0.25, 0.3) is 0 Å². The molecule has 0 saturated heterocycles. The second kappa shape index (κ2) is 4.18. The molecule has 0 N–H and O–H groups in total. The lowest BCUT2D eigenvalue weighted by Crippen LogP contribution is -2.38. The molecule has 1 rings (SSSR count). The Morgan fingerprint density at radius 3 is 2.07 bits per heavy atom. The molecule has 1 aliphatic carbocycles. The standard InChI is InChI=1S/C11H15Cl2NO/c1-4-6-14(7-5-2)9(15)10(3)8-11(10,12)13/h4-5H,1-2,6-8H2,3H3. The normalized spacial score (nSPS) is 26.9. The van der Waals surface area contributed by atoms with E-state index in [2.05, 4.69) is 13.2 Å². The lowest BCUT2D eigenvalue weighted by Gasteiger charge is -2.24. The number of nitrogens with zero attached hydrogens (tertiary/aromatic N) is 1. The van der Waals surface area contributed by atoms with Crippen molar-refractivity contribution in [3.8, 4) is 0 Å². The number of halogens is 2. The Hall–Kier alpha value is -0.470. The Balaban J connectivity index is 2.73. The zero-order valence-corrected chi connectivity index (χ0v) is 10.3. The molecule has 0 aromatic carbocycles. The minimum absolute atomic E-state index is 0.0349. The van der Waals surface area contributed by atoms with Gasteiger partial charge in [0.05, 0.1) is 5.41 Å². The smallest absolute Gasteiger partial charge is 0.232 e. The largest absolute Gasteiger partial charge is 0.335 e. The lowest BCUT2D eigenvalue weighted by molar-refractivity contribution is -0.135. The maximum Gasteiger partial charge on any atom is 0.232 e. The number of carbonyl (C=O) groups is 1. The van der Waals surface area contributed by atoms with E-state index in [-0.39, 0.29) is 5.91 Å². The van der Waals surface area contributed by atoms with Gasteiger partial charge in [-0.1, -0.05) is 12.2 Å². The molecule has 0 heterocycles. The molecule has 1 unspecified atom stereocenters. The molecule has 0 radical (unpaired) electrons. The van der Waals surface area contributed by atoms with E-state index in [1.807, 2.05) is 0 Å². The molecule has 0 aromatic rings. The average molecular weight is 248 g/mol. The number of rotatable bonds is 5. The van der Waals surface area contributed by atoms with Crippen molar-refractivity contribution in [2.75, 3.05) is 13.1 Å². The van der Waals surface area contributed by atoms with Crippen LogP contribution in [0.5, 0.6) is 0 Å². The summed E-state index contributed by atoms with van der Waals surface area (Å²) in [6.07, 6.45) is 3.86. The first-order valence-electron chi connectivity index (χ1n) is 4.78. The van der Waals surface area contributed by atoms with Crippen LogP contribution in [-0.4, -0.2) is 28.2 Å². The van der Waals surface area contributed by atoms with Gasteiger partial charge in [0.25, 0.3) is 0 Å². The molecule has 0 aliphatic heterocycles. The minimum atomic E-state index is -0.912. The van der Waals surface area contributed by atoms with Crippen molar-refractivity contribution in [3.05, 3.63) is 25.3 Å². The van der Waals surface area contributed by atoms with Gasteiger partial charge < -0.3 is 4.90 Å². The van der Waals surface area contributed by atoms with E-state index in [9.17, 15) is 4.79 Å². The van der Waals surface area contributed by atoms with Gasteiger partial charge >= 0.3 is 0 Å². The zero-order valence-electron chi connectivity index (χ0n) is 8.80. The molecule has 1 atom stereocenters. The van der Waals surface area contributed by atoms with Crippen LogP contribution in [0.1, 0.15) is 13.3 Å². The third-order valence-electron chi connectivity index (χ3n) is 2.72. The molecule has 4 heteroatoms. The van der Waals surface area contributed by atoms with Gasteiger partial charge in [0.2, 0.25) is 5.91 Å². The van der Waals surface area contributed by atoms with Crippen molar-refractivity contribution in [1.29, 1.82) is 0 Å². The third kappa shape index (κ3) is 2.21. The molecule has 2 nitrogen and oxygen atoms in total. The number of hydrogen-bond acceptors (Lipinski definition) is 1. The predicted molar refractivity (Wildman–Crippen MR) is 64.1 cm³/mol. The molecule has 0 bridgehead atoms. The predicted octanol–water partition coefficient (Wildman–Crippen LogP) is 2.77. The number of amides is 1. The van der Waals surface area contributed by atoms with E-state index < -0.39 is 9.75 Å². The van der Waals surface area contributed by atoms with Gasteiger partial charge in [-0.3, -0.25) is 4.79 Å². The Morgan fingerprint density at radius 2 is 1.80 bits per heavy atom. The highest BCUT2D eigenvalue weighted by Crippen LogP contribution is 2.64. The van der Waals surface area contributed by atoms with Crippen molar-refractivity contribution < 1.29 is 4.79 Å². The van der Waals surface area contributed by atoms with Crippen LogP contribution in [0.4, 0.5) is 0 Å². The Kier molecular flexibility index (Phi) is 3.51. The van der Waals surface area contributed by atoms with Gasteiger partial charge in [0.1, 0.15) is 4.33 Å². The second-order valence-electron chi connectivity index (χ2n) is 4.00. The summed E-state index contributed by atoms with van der Waals surface area (Å²) in [7, 11) is 0. The van der Waals surface area contributed by atoms with E-state index in [1.165, 1.54) is 0 Å². The van der Waals surface area contributed by atoms with Gasteiger partial charge in [-0.05, 0) is 13.3 Å². The molecule has 0 aromatic heterocycles. The van der Waals surface area contributed by atoms with Crippen molar-refractivity contribution >= 4 is 29.1 Å². The quantitative estimate of drug-likeness (QED) is 0.541. The highest BCUT2D eigenvalue weighted by atomic mass is 35.5. The van der Waals surface area contributed by atoms with E-state index in [0.717, 1.165) is 0 Å². The monoisotopic (exact) mass is 247 g/mol. The second-order valence-corrected chi connectivity index (χ2v) is 5.48. The van der Waals surface area contributed by atoms with Gasteiger partial charge in [0, 0.05) is 13.1 Å². The topological polar surface area (TPSA) is 20.3 Å². The third-order valence-corrected chi connectivity index (χ3v) is 3.82. The first kappa shape index (κ1) is 12.6. The maximum absolute atomic E-state index is 12.1. The summed E-state index contributed by atoms with van der Waals surface area (Å²) in [4.78, 5) is 13.7. The van der Waals surface area contributed by atoms with Crippen LogP contribution < -0.4 is 0 Å². The number of alkyl halides is 2. The Labute approximate surface area is 101 Å². The molecule has 1 fully saturated rings. The Morgan fingerprint density at radius 1 is 1.40 bits per heavy atom. The van der Waals surface area contributed by atoms with Crippen LogP contribution >= 0.6 is 23.2 Å². The highest BCUT2D eigenvalue weighted by Gasteiger charge is 2.68. The van der Waals surface area contributed by atoms with E-state index in [1.54, 1.807) is 24.0 Å². The molecule has 1 saturated carbocycles. The molecule has 1 amide bonds. The first-order valence-corrected chi connectivity index (χ1v) is 5.53. The van der Waals surface area contributed by atoms with Crippen LogP contribution in [0.3, 0.4) is 0 Å². The van der Waals surface area contributed by atoms with Gasteiger partial charge in [-0.25, -0.2) is 0 Å². The van der Waals surface area contributed by atoms with Crippen LogP contribution in [0.15, 0.2) is 25.3 Å². The summed E-state index contributed by atoms with van der Waals surface area (Å²) < 4.78 is -0.912. The molecular weight excluding hydrogens is 233 g/mol. The summed E-state index contributed by atoms with van der Waals surface area (Å²) in [5.74, 6) is -0.0349. The van der Waals surface area contributed by atoms with Crippen LogP contribution in [0.2, 0.25) is 0 Å². The lowest BCUT2D eigenvalue weighted by atomic mass is 10.1. The van der Waals surface area contributed by atoms with Gasteiger partial charge in [-0.2, -0.15) is 0 Å². The van der Waals surface area contributed by atoms with Gasteiger partial charge in [0.15, 0.2) is 0 Å². The molecule has 0 spiro atoms. The minimum Gasteiger partial charge on any atom is -0.335 e.